The predicted octanol–water partition coefficient (Wildman–Crippen LogP) is 3.52. The number of fused-ring (bicyclic) bond motifs is 1. The number of likely N-dealkylation sites (N-methyl/N-ethyl adjacent to an activating group) is 1. The highest BCUT2D eigenvalue weighted by Crippen LogP contribution is 2.36. The summed E-state index contributed by atoms with van der Waals surface area (Å²) in [4.78, 5) is 2.33. The summed E-state index contributed by atoms with van der Waals surface area (Å²) in [7, 11) is 3.72. The molecule has 1 aliphatic rings. The first-order valence-corrected chi connectivity index (χ1v) is 9.23. The second-order valence-electron chi connectivity index (χ2n) is 7.07. The summed E-state index contributed by atoms with van der Waals surface area (Å²) in [6.07, 6.45) is 2.30. The number of anilines is 1. The molecule has 0 amide bonds. The van der Waals surface area contributed by atoms with Gasteiger partial charge in [-0.3, -0.25) is 0 Å². The van der Waals surface area contributed by atoms with E-state index in [-0.39, 0.29) is 5.75 Å². The molecule has 1 atom stereocenters. The third-order valence-corrected chi connectivity index (χ3v) is 5.11. The number of likely N-dealkylation sites (tertiary alicyclic amines) is 1. The highest BCUT2D eigenvalue weighted by molar-refractivity contribution is 6.00. The van der Waals surface area contributed by atoms with Crippen LogP contribution >= 0.6 is 0 Å². The Labute approximate surface area is 158 Å². The third kappa shape index (κ3) is 3.53. The zero-order chi connectivity index (χ0) is 18.8. The number of nitrogens with zero attached hydrogens (tertiary/aromatic N) is 3. The average molecular weight is 364 g/mol. The zero-order valence-electron chi connectivity index (χ0n) is 15.6. The van der Waals surface area contributed by atoms with Crippen LogP contribution in [0.3, 0.4) is 0 Å². The van der Waals surface area contributed by atoms with Crippen LogP contribution in [-0.2, 0) is 0 Å². The van der Waals surface area contributed by atoms with E-state index in [1.807, 2.05) is 36.4 Å². The SMILES string of the molecule is COc1ccc(-c2nnc(N[C@@H]3CCCN(C)C3)c3ccccc23)c(O)c1. The number of rotatable bonds is 4. The molecule has 2 heterocycles. The average Bonchev–Trinajstić information content (AvgIpc) is 2.68. The monoisotopic (exact) mass is 364 g/mol. The normalized spacial score (nSPS) is 17.8. The molecule has 27 heavy (non-hydrogen) atoms. The molecular formula is C21H24N4O2. The molecule has 0 saturated carbocycles. The summed E-state index contributed by atoms with van der Waals surface area (Å²) in [6, 6.07) is 13.6. The molecule has 2 N–H and O–H groups in total. The van der Waals surface area contributed by atoms with Gasteiger partial charge in [-0.15, -0.1) is 10.2 Å². The van der Waals surface area contributed by atoms with Crippen molar-refractivity contribution >= 4 is 16.6 Å². The van der Waals surface area contributed by atoms with Crippen LogP contribution in [0.2, 0.25) is 0 Å². The summed E-state index contributed by atoms with van der Waals surface area (Å²) >= 11 is 0. The van der Waals surface area contributed by atoms with Crippen molar-refractivity contribution in [1.82, 2.24) is 15.1 Å². The standard InChI is InChI=1S/C21H24N4O2/c1-25-11-5-6-14(13-25)22-21-17-8-4-3-7-16(17)20(23-24-21)18-10-9-15(27-2)12-19(18)26/h3-4,7-10,12,14,26H,5-6,11,13H2,1-2H3,(H,22,24)/t14-/m1/s1. The smallest absolute Gasteiger partial charge is 0.156 e. The van der Waals surface area contributed by atoms with Crippen molar-refractivity contribution in [3.8, 4) is 22.8 Å². The molecule has 4 rings (SSSR count). The minimum absolute atomic E-state index is 0.128. The molecule has 3 aromatic rings. The van der Waals surface area contributed by atoms with E-state index in [4.69, 9.17) is 4.74 Å². The summed E-state index contributed by atoms with van der Waals surface area (Å²) in [5.74, 6) is 1.53. The van der Waals surface area contributed by atoms with Crippen LogP contribution in [0.25, 0.3) is 22.0 Å². The van der Waals surface area contributed by atoms with Gasteiger partial charge in [0.15, 0.2) is 5.82 Å². The number of hydrogen-bond donors (Lipinski definition) is 2. The highest BCUT2D eigenvalue weighted by atomic mass is 16.5. The lowest BCUT2D eigenvalue weighted by atomic mass is 10.0. The van der Waals surface area contributed by atoms with Gasteiger partial charge in [-0.2, -0.15) is 0 Å². The fraction of sp³-hybridized carbons (Fsp3) is 0.333. The third-order valence-electron chi connectivity index (χ3n) is 5.11. The number of piperidine rings is 1. The molecule has 0 aliphatic carbocycles. The molecule has 2 aromatic carbocycles. The van der Waals surface area contributed by atoms with Crippen LogP contribution < -0.4 is 10.1 Å². The largest absolute Gasteiger partial charge is 0.507 e. The minimum atomic E-state index is 0.128. The number of nitrogens with one attached hydrogen (secondary N) is 1. The molecule has 1 aromatic heterocycles. The van der Waals surface area contributed by atoms with Crippen molar-refractivity contribution in [2.24, 2.45) is 0 Å². The lowest BCUT2D eigenvalue weighted by Crippen LogP contribution is -2.40. The van der Waals surface area contributed by atoms with Crippen LogP contribution in [-0.4, -0.2) is 53.5 Å². The van der Waals surface area contributed by atoms with Crippen molar-refractivity contribution in [3.63, 3.8) is 0 Å². The van der Waals surface area contributed by atoms with Crippen LogP contribution in [0.1, 0.15) is 12.8 Å². The van der Waals surface area contributed by atoms with Gasteiger partial charge >= 0.3 is 0 Å². The molecule has 1 aliphatic heterocycles. The van der Waals surface area contributed by atoms with Crippen molar-refractivity contribution in [2.75, 3.05) is 32.6 Å². The van der Waals surface area contributed by atoms with Gasteiger partial charge in [-0.1, -0.05) is 24.3 Å². The van der Waals surface area contributed by atoms with Gasteiger partial charge in [0, 0.05) is 35.0 Å². The molecule has 1 fully saturated rings. The first kappa shape index (κ1) is 17.5. The maximum atomic E-state index is 10.4. The number of aromatic nitrogens is 2. The first-order chi connectivity index (χ1) is 13.2. The quantitative estimate of drug-likeness (QED) is 0.738. The Bertz CT molecular complexity index is 960. The predicted molar refractivity (Wildman–Crippen MR) is 107 cm³/mol. The number of aromatic hydroxyl groups is 1. The maximum Gasteiger partial charge on any atom is 0.156 e. The van der Waals surface area contributed by atoms with Crippen LogP contribution in [0.5, 0.6) is 11.5 Å². The summed E-state index contributed by atoms with van der Waals surface area (Å²) in [6.45, 7) is 2.14. The molecule has 1 saturated heterocycles. The van der Waals surface area contributed by atoms with Crippen molar-refractivity contribution in [1.29, 1.82) is 0 Å². The van der Waals surface area contributed by atoms with Crippen molar-refractivity contribution in [2.45, 2.75) is 18.9 Å². The van der Waals surface area contributed by atoms with Gasteiger partial charge in [-0.25, -0.2) is 0 Å². The molecule has 140 valence electrons. The van der Waals surface area contributed by atoms with Gasteiger partial charge in [0.25, 0.3) is 0 Å². The highest BCUT2D eigenvalue weighted by Gasteiger charge is 2.20. The summed E-state index contributed by atoms with van der Waals surface area (Å²) < 4.78 is 5.18. The van der Waals surface area contributed by atoms with Crippen LogP contribution in [0, 0.1) is 0 Å². The van der Waals surface area contributed by atoms with Crippen molar-refractivity contribution < 1.29 is 9.84 Å². The number of ether oxygens (including phenoxy) is 1. The lowest BCUT2D eigenvalue weighted by Gasteiger charge is -2.30. The lowest BCUT2D eigenvalue weighted by molar-refractivity contribution is 0.261. The number of phenols is 1. The Morgan fingerprint density at radius 2 is 1.96 bits per heavy atom. The van der Waals surface area contributed by atoms with Gasteiger partial charge < -0.3 is 20.1 Å². The first-order valence-electron chi connectivity index (χ1n) is 9.23. The molecule has 0 radical (unpaired) electrons. The minimum Gasteiger partial charge on any atom is -0.507 e. The fourth-order valence-corrected chi connectivity index (χ4v) is 3.73. The van der Waals surface area contributed by atoms with E-state index in [1.165, 1.54) is 6.42 Å². The molecule has 0 bridgehead atoms. The molecule has 0 unspecified atom stereocenters. The second kappa shape index (κ2) is 7.40. The Morgan fingerprint density at radius 3 is 2.70 bits per heavy atom. The number of phenolic OH excluding ortho intramolecular Hbond substituents is 1. The van der Waals surface area contributed by atoms with Crippen LogP contribution in [0.15, 0.2) is 42.5 Å². The molecule has 6 heteroatoms. The number of hydrogen-bond acceptors (Lipinski definition) is 6. The maximum absolute atomic E-state index is 10.4. The van der Waals surface area contributed by atoms with E-state index in [0.29, 0.717) is 23.0 Å². The van der Waals surface area contributed by atoms with E-state index in [1.54, 1.807) is 13.2 Å². The topological polar surface area (TPSA) is 70.5 Å². The molecular weight excluding hydrogens is 340 g/mol. The van der Waals surface area contributed by atoms with E-state index < -0.39 is 0 Å². The Kier molecular flexibility index (Phi) is 4.81. The van der Waals surface area contributed by atoms with Gasteiger partial charge in [0.05, 0.1) is 7.11 Å². The van der Waals surface area contributed by atoms with E-state index in [9.17, 15) is 5.11 Å². The summed E-state index contributed by atoms with van der Waals surface area (Å²) in [5, 5.41) is 24.9. The van der Waals surface area contributed by atoms with Crippen molar-refractivity contribution in [3.05, 3.63) is 42.5 Å². The van der Waals surface area contributed by atoms with Gasteiger partial charge in [-0.05, 0) is 38.6 Å². The Balaban J connectivity index is 1.74. The molecule has 0 spiro atoms. The van der Waals surface area contributed by atoms with Crippen LogP contribution in [0.4, 0.5) is 5.82 Å². The zero-order valence-corrected chi connectivity index (χ0v) is 15.6. The summed E-state index contributed by atoms with van der Waals surface area (Å²) in [5.41, 5.74) is 1.31. The Morgan fingerprint density at radius 1 is 1.15 bits per heavy atom. The number of methoxy groups -OCH3 is 1. The Hall–Kier alpha value is -2.86. The number of benzene rings is 2. The van der Waals surface area contributed by atoms with E-state index in [2.05, 4.69) is 27.5 Å². The van der Waals surface area contributed by atoms with Gasteiger partial charge in [0.2, 0.25) is 0 Å². The molecule has 6 nitrogen and oxygen atoms in total. The van der Waals surface area contributed by atoms with E-state index in [0.717, 1.165) is 36.1 Å². The van der Waals surface area contributed by atoms with E-state index >= 15 is 0 Å². The fourth-order valence-electron chi connectivity index (χ4n) is 3.73. The van der Waals surface area contributed by atoms with Gasteiger partial charge in [0.1, 0.15) is 17.2 Å². The second-order valence-corrected chi connectivity index (χ2v) is 7.07.